The zero-order chi connectivity index (χ0) is 12.0. The molecule has 1 fully saturated rings. The Kier molecular flexibility index (Phi) is 2.02. The Hall–Kier alpha value is -2.15. The lowest BCUT2D eigenvalue weighted by Crippen LogP contribution is -2.51. The smallest absolute Gasteiger partial charge is 0.271 e. The molecule has 0 radical (unpaired) electrons. The second-order valence-corrected chi connectivity index (χ2v) is 4.08. The Labute approximate surface area is 95.8 Å². The molecule has 0 atom stereocenters. The van der Waals surface area contributed by atoms with Crippen molar-refractivity contribution in [1.82, 2.24) is 9.97 Å². The Morgan fingerprint density at radius 3 is 2.94 bits per heavy atom. The highest BCUT2D eigenvalue weighted by atomic mass is 16.6. The molecule has 0 aliphatic carbocycles. The molecule has 2 N–H and O–H groups in total. The lowest BCUT2D eigenvalue weighted by molar-refractivity contribution is -0.384. The van der Waals surface area contributed by atoms with Crippen molar-refractivity contribution in [3.63, 3.8) is 0 Å². The summed E-state index contributed by atoms with van der Waals surface area (Å²) < 4.78 is 0. The number of nitro groups is 1. The fourth-order valence-electron chi connectivity index (χ4n) is 1.88. The molecule has 1 aromatic heterocycles. The van der Waals surface area contributed by atoms with Crippen LogP contribution in [0.3, 0.4) is 0 Å². The number of H-pyrrole nitrogens is 1. The van der Waals surface area contributed by atoms with Gasteiger partial charge in [-0.2, -0.15) is 0 Å². The Morgan fingerprint density at radius 2 is 2.29 bits per heavy atom. The van der Waals surface area contributed by atoms with Crippen molar-refractivity contribution in [2.24, 2.45) is 0 Å². The number of nitro benzene ring substituents is 1. The highest BCUT2D eigenvalue weighted by Gasteiger charge is 2.26. The summed E-state index contributed by atoms with van der Waals surface area (Å²) in [7, 11) is 0. The molecule has 2 aromatic rings. The Morgan fingerprint density at radius 1 is 1.53 bits per heavy atom. The number of rotatable bonds is 2. The van der Waals surface area contributed by atoms with E-state index in [2.05, 4.69) is 9.97 Å². The maximum atomic E-state index is 10.6. The van der Waals surface area contributed by atoms with Crippen LogP contribution in [-0.2, 0) is 0 Å². The van der Waals surface area contributed by atoms with Crippen LogP contribution in [-0.4, -0.2) is 39.2 Å². The number of hydrogen-bond acceptors (Lipinski definition) is 5. The number of aliphatic hydroxyl groups is 1. The first-order chi connectivity index (χ1) is 8.13. The second kappa shape index (κ2) is 3.42. The standard InChI is InChI=1S/C10H10N4O3/c15-7-4-13(5-7)10-11-8-2-1-6(14(16)17)3-9(8)12-10/h1-3,7,15H,4-5H2,(H,11,12). The van der Waals surface area contributed by atoms with Crippen molar-refractivity contribution in [2.45, 2.75) is 6.10 Å². The van der Waals surface area contributed by atoms with Gasteiger partial charge in [-0.3, -0.25) is 10.1 Å². The first kappa shape index (κ1) is 10.0. The Bertz CT molecular complexity index is 588. The van der Waals surface area contributed by atoms with E-state index in [1.807, 2.05) is 4.90 Å². The molecule has 1 aliphatic heterocycles. The molecular weight excluding hydrogens is 224 g/mol. The van der Waals surface area contributed by atoms with Crippen LogP contribution >= 0.6 is 0 Å². The van der Waals surface area contributed by atoms with E-state index in [9.17, 15) is 15.2 Å². The fraction of sp³-hybridized carbons (Fsp3) is 0.300. The molecule has 0 bridgehead atoms. The minimum Gasteiger partial charge on any atom is -0.389 e. The molecule has 0 amide bonds. The van der Waals surface area contributed by atoms with Gasteiger partial charge in [0.1, 0.15) is 0 Å². The number of fused-ring (bicyclic) bond motifs is 1. The largest absolute Gasteiger partial charge is 0.389 e. The number of anilines is 1. The number of benzene rings is 1. The molecule has 3 rings (SSSR count). The van der Waals surface area contributed by atoms with Gasteiger partial charge in [0, 0.05) is 25.2 Å². The first-order valence-corrected chi connectivity index (χ1v) is 5.20. The van der Waals surface area contributed by atoms with Gasteiger partial charge in [0.2, 0.25) is 5.95 Å². The zero-order valence-corrected chi connectivity index (χ0v) is 8.83. The zero-order valence-electron chi connectivity index (χ0n) is 8.83. The van der Waals surface area contributed by atoms with Crippen LogP contribution in [0.2, 0.25) is 0 Å². The van der Waals surface area contributed by atoms with Gasteiger partial charge in [-0.1, -0.05) is 0 Å². The van der Waals surface area contributed by atoms with Crippen LogP contribution in [0.15, 0.2) is 18.2 Å². The molecule has 0 spiro atoms. The average molecular weight is 234 g/mol. The predicted octanol–water partition coefficient (Wildman–Crippen LogP) is 0.652. The molecule has 7 nitrogen and oxygen atoms in total. The quantitative estimate of drug-likeness (QED) is 0.587. The van der Waals surface area contributed by atoms with E-state index in [0.29, 0.717) is 30.1 Å². The third-order valence-corrected chi connectivity index (χ3v) is 2.83. The predicted molar refractivity (Wildman–Crippen MR) is 61.0 cm³/mol. The van der Waals surface area contributed by atoms with Crippen molar-refractivity contribution < 1.29 is 10.0 Å². The van der Waals surface area contributed by atoms with Crippen molar-refractivity contribution in [1.29, 1.82) is 0 Å². The molecule has 7 heteroatoms. The lowest BCUT2D eigenvalue weighted by Gasteiger charge is -2.35. The van der Waals surface area contributed by atoms with Crippen molar-refractivity contribution >= 4 is 22.7 Å². The second-order valence-electron chi connectivity index (χ2n) is 4.08. The van der Waals surface area contributed by atoms with E-state index in [1.165, 1.54) is 12.1 Å². The summed E-state index contributed by atoms with van der Waals surface area (Å²) >= 11 is 0. The average Bonchev–Trinajstić information content (AvgIpc) is 2.66. The number of imidazole rings is 1. The lowest BCUT2D eigenvalue weighted by atomic mass is 10.2. The van der Waals surface area contributed by atoms with Crippen LogP contribution in [0, 0.1) is 10.1 Å². The number of aromatic nitrogens is 2. The third kappa shape index (κ3) is 1.60. The Balaban J connectivity index is 1.98. The highest BCUT2D eigenvalue weighted by molar-refractivity contribution is 5.80. The summed E-state index contributed by atoms with van der Waals surface area (Å²) in [5.74, 6) is 0.644. The number of aliphatic hydroxyl groups excluding tert-OH is 1. The van der Waals surface area contributed by atoms with Crippen LogP contribution in [0.5, 0.6) is 0 Å². The summed E-state index contributed by atoms with van der Waals surface area (Å²) in [6.45, 7) is 1.09. The maximum Gasteiger partial charge on any atom is 0.271 e. The van der Waals surface area contributed by atoms with Gasteiger partial charge in [0.05, 0.1) is 22.1 Å². The van der Waals surface area contributed by atoms with Gasteiger partial charge < -0.3 is 15.0 Å². The molecule has 1 aliphatic rings. The van der Waals surface area contributed by atoms with Gasteiger partial charge >= 0.3 is 0 Å². The van der Waals surface area contributed by atoms with E-state index >= 15 is 0 Å². The molecule has 1 saturated heterocycles. The van der Waals surface area contributed by atoms with Crippen molar-refractivity contribution in [3.05, 3.63) is 28.3 Å². The number of β-amino-alcohol motifs (C(OH)–C–C–N with tert-alkyl or cyclic N) is 1. The van der Waals surface area contributed by atoms with E-state index in [1.54, 1.807) is 6.07 Å². The molecule has 0 saturated carbocycles. The number of non-ortho nitro benzene ring substituents is 1. The fourth-order valence-corrected chi connectivity index (χ4v) is 1.88. The normalized spacial score (nSPS) is 16.2. The van der Waals surface area contributed by atoms with Gasteiger partial charge in [0.15, 0.2) is 0 Å². The molecule has 0 unspecified atom stereocenters. The monoisotopic (exact) mass is 234 g/mol. The minimum absolute atomic E-state index is 0.0383. The minimum atomic E-state index is -0.437. The van der Waals surface area contributed by atoms with E-state index in [0.717, 1.165) is 0 Å². The molecule has 17 heavy (non-hydrogen) atoms. The topological polar surface area (TPSA) is 95.3 Å². The molecule has 88 valence electrons. The van der Waals surface area contributed by atoms with E-state index < -0.39 is 4.92 Å². The van der Waals surface area contributed by atoms with Crippen molar-refractivity contribution in [2.75, 3.05) is 18.0 Å². The number of nitrogens with one attached hydrogen (secondary N) is 1. The molecular formula is C10H10N4O3. The van der Waals surface area contributed by atoms with Crippen LogP contribution < -0.4 is 4.90 Å². The molecule has 1 aromatic carbocycles. The number of hydrogen-bond donors (Lipinski definition) is 2. The molecule has 2 heterocycles. The van der Waals surface area contributed by atoms with Crippen LogP contribution in [0.1, 0.15) is 0 Å². The van der Waals surface area contributed by atoms with Gasteiger partial charge in [-0.25, -0.2) is 4.98 Å². The van der Waals surface area contributed by atoms with Gasteiger partial charge in [0.25, 0.3) is 5.69 Å². The summed E-state index contributed by atoms with van der Waals surface area (Å²) in [5.41, 5.74) is 1.36. The van der Waals surface area contributed by atoms with E-state index in [4.69, 9.17) is 0 Å². The highest BCUT2D eigenvalue weighted by Crippen LogP contribution is 2.24. The summed E-state index contributed by atoms with van der Waals surface area (Å²) in [6, 6.07) is 4.50. The first-order valence-electron chi connectivity index (χ1n) is 5.20. The summed E-state index contributed by atoms with van der Waals surface area (Å²) in [4.78, 5) is 19.4. The van der Waals surface area contributed by atoms with E-state index in [-0.39, 0.29) is 11.8 Å². The van der Waals surface area contributed by atoms with Crippen LogP contribution in [0.4, 0.5) is 11.6 Å². The SMILES string of the molecule is O=[N+]([O-])c1ccc2nc(N3CC(O)C3)[nH]c2c1. The summed E-state index contributed by atoms with van der Waals surface area (Å²) in [6.07, 6.45) is -0.308. The summed E-state index contributed by atoms with van der Waals surface area (Å²) in [5, 5.41) is 19.8. The number of aromatic amines is 1. The number of nitrogens with zero attached hydrogens (tertiary/aromatic N) is 3. The van der Waals surface area contributed by atoms with Crippen LogP contribution in [0.25, 0.3) is 11.0 Å². The van der Waals surface area contributed by atoms with Gasteiger partial charge in [-0.15, -0.1) is 0 Å². The maximum absolute atomic E-state index is 10.6. The van der Waals surface area contributed by atoms with Crippen molar-refractivity contribution in [3.8, 4) is 0 Å². The third-order valence-electron chi connectivity index (χ3n) is 2.83. The van der Waals surface area contributed by atoms with Gasteiger partial charge in [-0.05, 0) is 6.07 Å².